The first-order valence-corrected chi connectivity index (χ1v) is 24.0. The summed E-state index contributed by atoms with van der Waals surface area (Å²) >= 11 is 0. The van der Waals surface area contributed by atoms with Crippen molar-refractivity contribution >= 4 is 55.8 Å². The zero-order valence-electron chi connectivity index (χ0n) is 38.8. The molecule has 6 nitrogen and oxygen atoms in total. The van der Waals surface area contributed by atoms with Gasteiger partial charge in [0.1, 0.15) is 0 Å². The predicted octanol–water partition coefficient (Wildman–Crippen LogP) is 14.2. The smallest absolute Gasteiger partial charge is 0.0724 e. The van der Waals surface area contributed by atoms with Crippen LogP contribution in [-0.4, -0.2) is 23.7 Å². The summed E-state index contributed by atoms with van der Waals surface area (Å²) in [5.74, 6) is 0. The number of nitrogens with two attached hydrogens (primary N) is 1. The molecule has 5 heterocycles. The molecule has 334 valence electrons. The third kappa shape index (κ3) is 7.64. The summed E-state index contributed by atoms with van der Waals surface area (Å²) in [5, 5.41) is 4.92. The maximum absolute atomic E-state index is 5.92. The van der Waals surface area contributed by atoms with Crippen LogP contribution in [0, 0.1) is 6.92 Å². The van der Waals surface area contributed by atoms with Crippen LogP contribution in [0.15, 0.2) is 195 Å². The Kier molecular flexibility index (Phi) is 10.7. The van der Waals surface area contributed by atoms with Gasteiger partial charge in [0.2, 0.25) is 0 Å². The number of hydrogen-bond donors (Lipinski definition) is 1. The number of hydrogen-bond acceptors (Lipinski definition) is 3. The van der Waals surface area contributed by atoms with Gasteiger partial charge in [0.25, 0.3) is 0 Å². The van der Waals surface area contributed by atoms with Crippen LogP contribution < -0.4 is 5.73 Å². The highest BCUT2D eigenvalue weighted by atomic mass is 15.0. The quantitative estimate of drug-likeness (QED) is 0.132. The van der Waals surface area contributed by atoms with E-state index in [0.717, 1.165) is 77.6 Å². The maximum atomic E-state index is 5.92. The van der Waals surface area contributed by atoms with Gasteiger partial charge in [0, 0.05) is 68.7 Å². The summed E-state index contributed by atoms with van der Waals surface area (Å²) in [6.45, 7) is 6.34. The Morgan fingerprint density at radius 3 is 1.72 bits per heavy atom. The Balaban J connectivity index is 0.876. The van der Waals surface area contributed by atoms with Crippen LogP contribution in [0.5, 0.6) is 0 Å². The lowest BCUT2D eigenvalue weighted by atomic mass is 9.94. The molecule has 0 radical (unpaired) electrons. The third-order valence-electron chi connectivity index (χ3n) is 14.1. The second-order valence-electron chi connectivity index (χ2n) is 18.5. The molecule has 2 N–H and O–H groups in total. The van der Waals surface area contributed by atoms with Crippen LogP contribution in [0.2, 0.25) is 0 Å². The van der Waals surface area contributed by atoms with Crippen LogP contribution in [0.3, 0.4) is 0 Å². The van der Waals surface area contributed by atoms with E-state index in [4.69, 9.17) is 5.73 Å². The number of para-hydroxylation sites is 1. The minimum atomic E-state index is 0.816. The van der Waals surface area contributed by atoms with Gasteiger partial charge < -0.3 is 19.4 Å². The van der Waals surface area contributed by atoms with Crippen molar-refractivity contribution < 1.29 is 0 Å². The predicted molar refractivity (Wildman–Crippen MR) is 287 cm³/mol. The monoisotopic (exact) mass is 892 g/mol. The van der Waals surface area contributed by atoms with E-state index in [1.807, 2.05) is 36.9 Å². The highest BCUT2D eigenvalue weighted by Crippen LogP contribution is 2.35. The van der Waals surface area contributed by atoms with Crippen molar-refractivity contribution in [3.63, 3.8) is 0 Å². The summed E-state index contributed by atoms with van der Waals surface area (Å²) < 4.78 is 7.05. The number of fused-ring (bicyclic) bond motifs is 7. The molecule has 5 aromatic heterocycles. The lowest BCUT2D eigenvalue weighted by molar-refractivity contribution is 0.957. The Morgan fingerprint density at radius 2 is 1.10 bits per heavy atom. The SMILES string of the molecule is C=Cc1c(/C=C\N)c2ccccc2n1-c1ccc(Cc2cc(Cc3ccc(-n4c5c(c6ccncc64)CCC=CC5)cc3)cc(Cc3ccc(-n4c5cnccc5c5ccc(C)cc54)cc3)c2)cc1. The molecule has 0 aliphatic heterocycles. The van der Waals surface area contributed by atoms with Crippen LogP contribution in [0.4, 0.5) is 0 Å². The number of benzene rings is 6. The number of aromatic nitrogens is 5. The topological polar surface area (TPSA) is 66.6 Å². The Bertz CT molecular complexity index is 3800. The molecular weight excluding hydrogens is 841 g/mol. The number of pyridine rings is 2. The number of rotatable bonds is 11. The first-order chi connectivity index (χ1) is 34.0. The maximum Gasteiger partial charge on any atom is 0.0724 e. The Labute approximate surface area is 402 Å². The van der Waals surface area contributed by atoms with E-state index in [0.29, 0.717) is 0 Å². The number of aryl methyl sites for hydroxylation is 2. The molecule has 0 bridgehead atoms. The van der Waals surface area contributed by atoms with Crippen LogP contribution in [-0.2, 0) is 32.1 Å². The average Bonchev–Trinajstić information content (AvgIpc) is 3.90. The number of allylic oxidation sites excluding steroid dienone is 2. The molecule has 1 aliphatic carbocycles. The van der Waals surface area contributed by atoms with E-state index in [-0.39, 0.29) is 0 Å². The standard InChI is InChI=1S/C63H52N6/c1-3-58-55(27-30-64)52-10-7-8-12-59(52)67(58)49-20-14-43(15-21-49)34-46-37-47(35-44-16-22-50(23-17-44)68-60-11-6-4-5-9-53(60)56-28-31-65-40-62(56)68)39-48(38-46)36-45-18-24-51(25-19-45)69-61-33-42(2)13-26-54(61)57-29-32-66-41-63(57)69/h3-4,6-8,10,12-33,37-41H,1,5,9,11,34-36,64H2,2H3/b30-27-. The molecule has 0 spiro atoms. The molecule has 0 atom stereocenters. The molecule has 11 aromatic rings. The summed E-state index contributed by atoms with van der Waals surface area (Å²) in [6.07, 6.45) is 23.5. The van der Waals surface area contributed by atoms with Crippen LogP contribution >= 0.6 is 0 Å². The largest absolute Gasteiger partial charge is 0.405 e. The van der Waals surface area contributed by atoms with E-state index in [1.165, 1.54) is 83.1 Å². The highest BCUT2D eigenvalue weighted by Gasteiger charge is 2.20. The molecule has 0 amide bonds. The summed E-state index contributed by atoms with van der Waals surface area (Å²) in [5.41, 5.74) is 27.8. The Morgan fingerprint density at radius 1 is 0.536 bits per heavy atom. The van der Waals surface area contributed by atoms with E-state index < -0.39 is 0 Å². The van der Waals surface area contributed by atoms with Gasteiger partial charge in [-0.25, -0.2) is 0 Å². The Hall–Kier alpha value is -8.48. The lowest BCUT2D eigenvalue weighted by Crippen LogP contribution is -2.02. The van der Waals surface area contributed by atoms with Gasteiger partial charge >= 0.3 is 0 Å². The molecular formula is C63H52N6. The van der Waals surface area contributed by atoms with Crippen molar-refractivity contribution in [1.29, 1.82) is 0 Å². The van der Waals surface area contributed by atoms with Gasteiger partial charge in [-0.3, -0.25) is 9.97 Å². The van der Waals surface area contributed by atoms with Gasteiger partial charge in [-0.05, 0) is 163 Å². The van der Waals surface area contributed by atoms with Gasteiger partial charge in [-0.2, -0.15) is 0 Å². The van der Waals surface area contributed by atoms with Gasteiger partial charge in [-0.15, -0.1) is 0 Å². The molecule has 0 saturated heterocycles. The van der Waals surface area contributed by atoms with Crippen molar-refractivity contribution in [2.75, 3.05) is 0 Å². The second-order valence-corrected chi connectivity index (χ2v) is 18.5. The van der Waals surface area contributed by atoms with Crippen molar-refractivity contribution in [2.24, 2.45) is 5.73 Å². The van der Waals surface area contributed by atoms with Crippen molar-refractivity contribution in [3.8, 4) is 17.1 Å². The van der Waals surface area contributed by atoms with E-state index in [9.17, 15) is 0 Å². The highest BCUT2D eigenvalue weighted by molar-refractivity contribution is 6.09. The van der Waals surface area contributed by atoms with Crippen molar-refractivity contribution in [2.45, 2.75) is 45.4 Å². The summed E-state index contributed by atoms with van der Waals surface area (Å²) in [6, 6.07) is 54.0. The molecule has 6 heteroatoms. The molecule has 6 aromatic carbocycles. The summed E-state index contributed by atoms with van der Waals surface area (Å²) in [7, 11) is 0. The molecule has 0 unspecified atom stereocenters. The van der Waals surface area contributed by atoms with Gasteiger partial charge in [0.15, 0.2) is 0 Å². The zero-order valence-corrected chi connectivity index (χ0v) is 38.8. The first kappa shape index (κ1) is 41.9. The van der Waals surface area contributed by atoms with Gasteiger partial charge in [0.05, 0.1) is 40.2 Å². The second kappa shape index (κ2) is 17.6. The molecule has 1 aliphatic rings. The van der Waals surface area contributed by atoms with Crippen LogP contribution in [0.25, 0.3) is 72.8 Å². The zero-order chi connectivity index (χ0) is 46.4. The average molecular weight is 893 g/mol. The molecule has 69 heavy (non-hydrogen) atoms. The fraction of sp³-hybridized carbons (Fsp3) is 0.111. The minimum absolute atomic E-state index is 0.816. The molecule has 0 saturated carbocycles. The fourth-order valence-corrected chi connectivity index (χ4v) is 11.0. The molecule has 0 fully saturated rings. The van der Waals surface area contributed by atoms with E-state index >= 15 is 0 Å². The summed E-state index contributed by atoms with van der Waals surface area (Å²) in [4.78, 5) is 9.06. The normalized spacial score (nSPS) is 12.7. The lowest BCUT2D eigenvalue weighted by Gasteiger charge is -2.14. The van der Waals surface area contributed by atoms with Crippen molar-refractivity contribution in [3.05, 3.63) is 257 Å². The van der Waals surface area contributed by atoms with E-state index in [1.54, 1.807) is 6.20 Å². The molecule has 12 rings (SSSR count). The van der Waals surface area contributed by atoms with E-state index in [2.05, 4.69) is 195 Å². The van der Waals surface area contributed by atoms with Gasteiger partial charge in [-0.1, -0.05) is 104 Å². The first-order valence-electron chi connectivity index (χ1n) is 24.0. The van der Waals surface area contributed by atoms with Crippen LogP contribution in [0.1, 0.15) is 67.9 Å². The third-order valence-corrected chi connectivity index (χ3v) is 14.1. The minimum Gasteiger partial charge on any atom is -0.405 e. The van der Waals surface area contributed by atoms with Crippen molar-refractivity contribution in [1.82, 2.24) is 23.7 Å². The number of nitrogens with zero attached hydrogens (tertiary/aromatic N) is 5. The fourth-order valence-electron chi connectivity index (χ4n) is 11.0.